The Morgan fingerprint density at radius 2 is 2.10 bits per heavy atom. The van der Waals surface area contributed by atoms with Gasteiger partial charge in [-0.05, 0) is 24.6 Å². The van der Waals surface area contributed by atoms with Crippen LogP contribution < -0.4 is 15.2 Å². The summed E-state index contributed by atoms with van der Waals surface area (Å²) in [5, 5.41) is 7.02. The highest BCUT2D eigenvalue weighted by molar-refractivity contribution is 5.44. The molecule has 0 saturated carbocycles. The lowest BCUT2D eigenvalue weighted by molar-refractivity contribution is 0.310. The van der Waals surface area contributed by atoms with Crippen molar-refractivity contribution in [3.05, 3.63) is 35.4 Å². The van der Waals surface area contributed by atoms with Gasteiger partial charge in [0.1, 0.15) is 5.82 Å². The minimum absolute atomic E-state index is 0.392. The van der Waals surface area contributed by atoms with E-state index in [2.05, 4.69) is 15.2 Å². The number of aromatic nitrogens is 3. The summed E-state index contributed by atoms with van der Waals surface area (Å²) in [5.74, 6) is 2.77. The molecule has 0 saturated heterocycles. The smallest absolute Gasteiger partial charge is 0.171 e. The van der Waals surface area contributed by atoms with Crippen molar-refractivity contribution in [2.45, 2.75) is 26.3 Å². The molecule has 6 nitrogen and oxygen atoms in total. The summed E-state index contributed by atoms with van der Waals surface area (Å²) >= 11 is 0. The third-order valence-corrected chi connectivity index (χ3v) is 3.01. The van der Waals surface area contributed by atoms with E-state index in [0.717, 1.165) is 17.8 Å². The first-order valence-electron chi connectivity index (χ1n) is 6.67. The topological polar surface area (TPSA) is 86.0 Å². The van der Waals surface area contributed by atoms with E-state index >= 15 is 0 Å². The lowest BCUT2D eigenvalue weighted by Crippen LogP contribution is -2.14. The molecule has 0 bridgehead atoms. The number of aryl methyl sites for hydroxylation is 1. The lowest BCUT2D eigenvalue weighted by Gasteiger charge is -2.13. The van der Waals surface area contributed by atoms with Crippen LogP contribution in [0.25, 0.3) is 0 Å². The molecule has 3 N–H and O–H groups in total. The standard InChI is InChI=1S/C14H20N4O2/c1-4-12-16-14(18-17-12)13(15)9-6-7-10(19-3)11(8-9)20-5-2/h6-8,13H,4-5,15H2,1-3H3,(H,16,17,18)/t13-/m0/s1. The fraction of sp³-hybridized carbons (Fsp3) is 0.429. The summed E-state index contributed by atoms with van der Waals surface area (Å²) in [4.78, 5) is 4.36. The SMILES string of the molecule is CCOc1cc([C@H](N)c2n[nH]c(CC)n2)ccc1OC. The average molecular weight is 276 g/mol. The van der Waals surface area contributed by atoms with E-state index in [1.807, 2.05) is 32.0 Å². The van der Waals surface area contributed by atoms with Gasteiger partial charge in [-0.2, -0.15) is 5.10 Å². The molecule has 0 unspecified atom stereocenters. The van der Waals surface area contributed by atoms with Crippen LogP contribution in [0.1, 0.15) is 37.1 Å². The zero-order valence-electron chi connectivity index (χ0n) is 12.0. The summed E-state index contributed by atoms with van der Waals surface area (Å²) < 4.78 is 10.8. The van der Waals surface area contributed by atoms with Gasteiger partial charge in [-0.25, -0.2) is 4.98 Å². The van der Waals surface area contributed by atoms with Gasteiger partial charge in [0.25, 0.3) is 0 Å². The largest absolute Gasteiger partial charge is 0.493 e. The molecule has 1 aromatic carbocycles. The second-order valence-electron chi connectivity index (χ2n) is 4.31. The number of rotatable bonds is 6. The highest BCUT2D eigenvalue weighted by Crippen LogP contribution is 2.30. The molecule has 0 spiro atoms. The average Bonchev–Trinajstić information content (AvgIpc) is 2.95. The molecule has 0 aliphatic rings. The molecule has 108 valence electrons. The third kappa shape index (κ3) is 2.91. The Bertz CT molecular complexity index is 568. The monoisotopic (exact) mass is 276 g/mol. The predicted octanol–water partition coefficient (Wildman–Crippen LogP) is 1.82. The number of nitrogens with zero attached hydrogens (tertiary/aromatic N) is 2. The van der Waals surface area contributed by atoms with Crippen LogP contribution in [0.2, 0.25) is 0 Å². The van der Waals surface area contributed by atoms with E-state index in [9.17, 15) is 0 Å². The fourth-order valence-corrected chi connectivity index (χ4v) is 1.91. The van der Waals surface area contributed by atoms with Gasteiger partial charge in [0, 0.05) is 6.42 Å². The molecule has 1 atom stereocenters. The van der Waals surface area contributed by atoms with E-state index in [4.69, 9.17) is 15.2 Å². The molecule has 2 aromatic rings. The van der Waals surface area contributed by atoms with Crippen LogP contribution >= 0.6 is 0 Å². The molecule has 0 amide bonds. The van der Waals surface area contributed by atoms with Crippen LogP contribution in [0, 0.1) is 0 Å². The molecular formula is C14H20N4O2. The zero-order valence-corrected chi connectivity index (χ0v) is 12.0. The molecular weight excluding hydrogens is 256 g/mol. The highest BCUT2D eigenvalue weighted by Gasteiger charge is 2.16. The van der Waals surface area contributed by atoms with Crippen molar-refractivity contribution in [3.63, 3.8) is 0 Å². The van der Waals surface area contributed by atoms with Gasteiger partial charge in [0.2, 0.25) is 0 Å². The van der Waals surface area contributed by atoms with Crippen molar-refractivity contribution in [2.24, 2.45) is 5.73 Å². The van der Waals surface area contributed by atoms with Crippen molar-refractivity contribution < 1.29 is 9.47 Å². The molecule has 1 heterocycles. The number of aromatic amines is 1. The molecule has 2 rings (SSSR count). The maximum absolute atomic E-state index is 6.20. The van der Waals surface area contributed by atoms with Gasteiger partial charge >= 0.3 is 0 Å². The number of ether oxygens (including phenoxy) is 2. The Morgan fingerprint density at radius 1 is 1.30 bits per heavy atom. The second-order valence-corrected chi connectivity index (χ2v) is 4.31. The van der Waals surface area contributed by atoms with Crippen LogP contribution in [-0.2, 0) is 6.42 Å². The van der Waals surface area contributed by atoms with Crippen LogP contribution in [0.15, 0.2) is 18.2 Å². The number of benzene rings is 1. The van der Waals surface area contributed by atoms with E-state index in [1.54, 1.807) is 7.11 Å². The third-order valence-electron chi connectivity index (χ3n) is 3.01. The first-order chi connectivity index (χ1) is 9.69. The Balaban J connectivity index is 2.29. The fourth-order valence-electron chi connectivity index (χ4n) is 1.91. The minimum Gasteiger partial charge on any atom is -0.493 e. The van der Waals surface area contributed by atoms with Crippen molar-refractivity contribution in [1.82, 2.24) is 15.2 Å². The van der Waals surface area contributed by atoms with Crippen molar-refractivity contribution in [1.29, 1.82) is 0 Å². The van der Waals surface area contributed by atoms with Gasteiger partial charge in [-0.15, -0.1) is 0 Å². The predicted molar refractivity (Wildman–Crippen MR) is 76.0 cm³/mol. The minimum atomic E-state index is -0.392. The molecule has 1 aromatic heterocycles. The number of hydrogen-bond donors (Lipinski definition) is 2. The molecule has 20 heavy (non-hydrogen) atoms. The van der Waals surface area contributed by atoms with Gasteiger partial charge in [-0.1, -0.05) is 13.0 Å². The van der Waals surface area contributed by atoms with Gasteiger partial charge in [-0.3, -0.25) is 5.10 Å². The van der Waals surface area contributed by atoms with Crippen LogP contribution in [0.5, 0.6) is 11.5 Å². The second kappa shape index (κ2) is 6.38. The molecule has 0 radical (unpaired) electrons. The van der Waals surface area contributed by atoms with Crippen LogP contribution in [0.3, 0.4) is 0 Å². The van der Waals surface area contributed by atoms with Crippen molar-refractivity contribution in [3.8, 4) is 11.5 Å². The molecule has 0 fully saturated rings. The first kappa shape index (κ1) is 14.3. The van der Waals surface area contributed by atoms with E-state index in [0.29, 0.717) is 23.9 Å². The summed E-state index contributed by atoms with van der Waals surface area (Å²) in [6.07, 6.45) is 0.798. The zero-order chi connectivity index (χ0) is 14.5. The van der Waals surface area contributed by atoms with Gasteiger partial charge in [0.05, 0.1) is 19.8 Å². The number of hydrogen-bond acceptors (Lipinski definition) is 5. The Kier molecular flexibility index (Phi) is 4.57. The maximum atomic E-state index is 6.20. The van der Waals surface area contributed by atoms with Crippen LogP contribution in [0.4, 0.5) is 0 Å². The Hall–Kier alpha value is -2.08. The van der Waals surface area contributed by atoms with E-state index in [1.165, 1.54) is 0 Å². The molecule has 0 aliphatic carbocycles. The van der Waals surface area contributed by atoms with E-state index in [-0.39, 0.29) is 0 Å². The first-order valence-corrected chi connectivity index (χ1v) is 6.67. The summed E-state index contributed by atoms with van der Waals surface area (Å²) in [5.41, 5.74) is 7.08. The number of nitrogens with two attached hydrogens (primary N) is 1. The number of nitrogens with one attached hydrogen (secondary N) is 1. The Morgan fingerprint density at radius 3 is 2.70 bits per heavy atom. The molecule has 6 heteroatoms. The maximum Gasteiger partial charge on any atom is 0.171 e. The van der Waals surface area contributed by atoms with Crippen molar-refractivity contribution >= 4 is 0 Å². The van der Waals surface area contributed by atoms with Gasteiger partial charge < -0.3 is 15.2 Å². The molecule has 0 aliphatic heterocycles. The summed E-state index contributed by atoms with van der Waals surface area (Å²) in [7, 11) is 1.61. The van der Waals surface area contributed by atoms with Crippen molar-refractivity contribution in [2.75, 3.05) is 13.7 Å². The summed E-state index contributed by atoms with van der Waals surface area (Å²) in [6, 6.07) is 5.22. The van der Waals surface area contributed by atoms with Gasteiger partial charge in [0.15, 0.2) is 17.3 Å². The van der Waals surface area contributed by atoms with E-state index < -0.39 is 6.04 Å². The number of H-pyrrole nitrogens is 1. The van der Waals surface area contributed by atoms with Crippen LogP contribution in [-0.4, -0.2) is 28.9 Å². The number of methoxy groups -OCH3 is 1. The lowest BCUT2D eigenvalue weighted by atomic mass is 10.1. The normalized spacial score (nSPS) is 12.2. The summed E-state index contributed by atoms with van der Waals surface area (Å²) in [6.45, 7) is 4.50. The Labute approximate surface area is 118 Å². The quantitative estimate of drug-likeness (QED) is 0.840. The highest BCUT2D eigenvalue weighted by atomic mass is 16.5.